The molecule has 1 atom stereocenters. The van der Waals surface area contributed by atoms with E-state index in [1.54, 1.807) is 6.07 Å². The van der Waals surface area contributed by atoms with E-state index in [1.165, 1.54) is 12.1 Å². The Bertz CT molecular complexity index is 1340. The Labute approximate surface area is 204 Å². The van der Waals surface area contributed by atoms with Gasteiger partial charge in [-0.3, -0.25) is 9.78 Å². The third-order valence-corrected chi connectivity index (χ3v) is 5.98. The van der Waals surface area contributed by atoms with E-state index in [4.69, 9.17) is 0 Å². The molecule has 0 spiro atoms. The van der Waals surface area contributed by atoms with Gasteiger partial charge in [0.2, 0.25) is 5.95 Å². The van der Waals surface area contributed by atoms with Gasteiger partial charge >= 0.3 is 0 Å². The molecule has 1 aliphatic rings. The summed E-state index contributed by atoms with van der Waals surface area (Å²) in [4.78, 5) is 20.1. The fourth-order valence-corrected chi connectivity index (χ4v) is 4.05. The molecule has 0 fully saturated rings. The van der Waals surface area contributed by atoms with E-state index in [2.05, 4.69) is 63.8 Å². The Morgan fingerprint density at radius 2 is 1.83 bits per heavy atom. The molecule has 0 saturated carbocycles. The number of rotatable bonds is 4. The lowest BCUT2D eigenvalue weighted by Gasteiger charge is -2.06. The van der Waals surface area contributed by atoms with E-state index in [0.717, 1.165) is 51.8 Å². The zero-order chi connectivity index (χ0) is 25.1. The molecule has 7 nitrogen and oxygen atoms in total. The minimum atomic E-state index is -0.363. The first-order valence-corrected chi connectivity index (χ1v) is 11.6. The van der Waals surface area contributed by atoms with Crippen molar-refractivity contribution in [3.63, 3.8) is 0 Å². The summed E-state index contributed by atoms with van der Waals surface area (Å²) in [5.74, 6) is 0.992. The van der Waals surface area contributed by atoms with Crippen LogP contribution >= 0.6 is 0 Å². The van der Waals surface area contributed by atoms with Gasteiger partial charge in [0.25, 0.3) is 5.91 Å². The number of aryl methyl sites for hydroxylation is 3. The average molecular weight is 473 g/mol. The summed E-state index contributed by atoms with van der Waals surface area (Å²) >= 11 is 0. The highest BCUT2D eigenvalue weighted by Gasteiger charge is 2.25. The second-order valence-corrected chi connectivity index (χ2v) is 8.47. The van der Waals surface area contributed by atoms with Crippen molar-refractivity contribution in [1.82, 2.24) is 25.1 Å². The zero-order valence-corrected chi connectivity index (χ0v) is 20.6. The van der Waals surface area contributed by atoms with Crippen molar-refractivity contribution >= 4 is 11.9 Å². The lowest BCUT2D eigenvalue weighted by molar-refractivity contribution is 0.0958. The van der Waals surface area contributed by atoms with Crippen molar-refractivity contribution in [3.8, 4) is 22.5 Å². The molecule has 2 N–H and O–H groups in total. The third-order valence-electron chi connectivity index (χ3n) is 5.98. The molecule has 4 aromatic rings. The number of benzene rings is 2. The Balaban J connectivity index is 0.000000201. The molecule has 1 unspecified atom stereocenters. The molecule has 0 bridgehead atoms. The standard InChI is InChI=1S/C18H21N5.C9H8FNO/c1-5-23-18(19-4)21-17(22-23)16-9-8-14(10-12(16)2)15-7-6-13(3)20-11-15;1-5-7-3-2-6(10)4-8(7)9(12)11-5/h6-11H,5H2,1-4H3,(H,19,21,22);2-5H,1H3,(H,11,12). The SMILES string of the molecule is CC1NC(=O)c2cc(F)ccc21.CCn1nc(-c2ccc(-c3ccc(C)nc3)cc2C)nc1NC. The first kappa shape index (κ1) is 24.1. The van der Waals surface area contributed by atoms with Crippen molar-refractivity contribution in [2.75, 3.05) is 12.4 Å². The molecule has 0 aliphatic carbocycles. The van der Waals surface area contributed by atoms with Crippen molar-refractivity contribution in [2.45, 2.75) is 40.3 Å². The number of halogens is 1. The van der Waals surface area contributed by atoms with Crippen LogP contribution in [0, 0.1) is 19.7 Å². The lowest BCUT2D eigenvalue weighted by Crippen LogP contribution is -2.16. The molecule has 8 heteroatoms. The second-order valence-electron chi connectivity index (χ2n) is 8.47. The van der Waals surface area contributed by atoms with Gasteiger partial charge in [-0.1, -0.05) is 30.3 Å². The molecule has 2 aromatic heterocycles. The molecule has 35 heavy (non-hydrogen) atoms. The van der Waals surface area contributed by atoms with Crippen LogP contribution in [-0.4, -0.2) is 32.7 Å². The molecule has 1 amide bonds. The number of amides is 1. The summed E-state index contributed by atoms with van der Waals surface area (Å²) in [7, 11) is 1.86. The highest BCUT2D eigenvalue weighted by atomic mass is 19.1. The van der Waals surface area contributed by atoms with E-state index in [9.17, 15) is 9.18 Å². The van der Waals surface area contributed by atoms with Gasteiger partial charge in [0.1, 0.15) is 5.82 Å². The van der Waals surface area contributed by atoms with Gasteiger partial charge in [-0.05, 0) is 62.6 Å². The monoisotopic (exact) mass is 472 g/mol. The molecule has 2 aromatic carbocycles. The number of hydrogen-bond donors (Lipinski definition) is 2. The number of pyridine rings is 1. The van der Waals surface area contributed by atoms with Crippen LogP contribution in [0.2, 0.25) is 0 Å². The second kappa shape index (κ2) is 10.0. The molecule has 0 radical (unpaired) electrons. The fraction of sp³-hybridized carbons (Fsp3) is 0.259. The van der Waals surface area contributed by atoms with Crippen LogP contribution in [0.5, 0.6) is 0 Å². The summed E-state index contributed by atoms with van der Waals surface area (Å²) in [5, 5.41) is 10.4. The molecule has 3 heterocycles. The van der Waals surface area contributed by atoms with Crippen LogP contribution in [0.3, 0.4) is 0 Å². The van der Waals surface area contributed by atoms with Crippen molar-refractivity contribution < 1.29 is 9.18 Å². The van der Waals surface area contributed by atoms with E-state index >= 15 is 0 Å². The smallest absolute Gasteiger partial charge is 0.252 e. The summed E-state index contributed by atoms with van der Waals surface area (Å²) in [6, 6.07) is 14.8. The van der Waals surface area contributed by atoms with Crippen LogP contribution in [0.25, 0.3) is 22.5 Å². The average Bonchev–Trinajstić information content (AvgIpc) is 3.39. The maximum absolute atomic E-state index is 12.7. The first-order chi connectivity index (χ1) is 16.8. The van der Waals surface area contributed by atoms with Crippen LogP contribution in [-0.2, 0) is 6.54 Å². The van der Waals surface area contributed by atoms with Gasteiger partial charge in [-0.25, -0.2) is 9.07 Å². The molecular weight excluding hydrogens is 443 g/mol. The van der Waals surface area contributed by atoms with Crippen molar-refractivity contribution in [3.05, 3.63) is 82.9 Å². The Kier molecular flexibility index (Phi) is 6.91. The van der Waals surface area contributed by atoms with Crippen LogP contribution in [0.4, 0.5) is 10.3 Å². The maximum Gasteiger partial charge on any atom is 0.252 e. The number of carbonyl (C=O) groups excluding carboxylic acids is 1. The minimum Gasteiger partial charge on any atom is -0.357 e. The summed E-state index contributed by atoms with van der Waals surface area (Å²) in [6.07, 6.45) is 1.91. The predicted molar refractivity (Wildman–Crippen MR) is 136 cm³/mol. The molecule has 5 rings (SSSR count). The van der Waals surface area contributed by atoms with Crippen molar-refractivity contribution in [2.24, 2.45) is 0 Å². The van der Waals surface area contributed by atoms with Gasteiger partial charge < -0.3 is 10.6 Å². The van der Waals surface area contributed by atoms with Crippen LogP contribution in [0.1, 0.15) is 47.1 Å². The quantitative estimate of drug-likeness (QED) is 0.420. The van der Waals surface area contributed by atoms with E-state index < -0.39 is 0 Å². The highest BCUT2D eigenvalue weighted by Crippen LogP contribution is 2.28. The van der Waals surface area contributed by atoms with E-state index in [0.29, 0.717) is 5.56 Å². The van der Waals surface area contributed by atoms with Gasteiger partial charge in [-0.15, -0.1) is 5.10 Å². The van der Waals surface area contributed by atoms with E-state index in [-0.39, 0.29) is 17.8 Å². The van der Waals surface area contributed by atoms with Gasteiger partial charge in [0.15, 0.2) is 5.82 Å². The number of aromatic nitrogens is 4. The number of nitrogens with one attached hydrogen (secondary N) is 2. The number of hydrogen-bond acceptors (Lipinski definition) is 5. The predicted octanol–water partition coefficient (Wildman–Crippen LogP) is 5.32. The summed E-state index contributed by atoms with van der Waals surface area (Å²) in [6.45, 7) is 8.80. The summed E-state index contributed by atoms with van der Waals surface area (Å²) < 4.78 is 14.5. The van der Waals surface area contributed by atoms with Gasteiger partial charge in [0.05, 0.1) is 6.04 Å². The van der Waals surface area contributed by atoms with Crippen LogP contribution in [0.15, 0.2) is 54.7 Å². The van der Waals surface area contributed by atoms with E-state index in [1.807, 2.05) is 37.8 Å². The number of fused-ring (bicyclic) bond motifs is 1. The Hall–Kier alpha value is -4.07. The largest absolute Gasteiger partial charge is 0.357 e. The number of anilines is 1. The summed E-state index contributed by atoms with van der Waals surface area (Å²) in [5.41, 5.74) is 6.84. The zero-order valence-electron chi connectivity index (χ0n) is 20.6. The molecule has 0 saturated heterocycles. The maximum atomic E-state index is 12.7. The minimum absolute atomic E-state index is 0.00750. The number of nitrogens with zero attached hydrogens (tertiary/aromatic N) is 4. The Morgan fingerprint density at radius 3 is 2.46 bits per heavy atom. The highest BCUT2D eigenvalue weighted by molar-refractivity contribution is 5.99. The normalized spacial score (nSPS) is 14.1. The van der Waals surface area contributed by atoms with Gasteiger partial charge in [-0.2, -0.15) is 4.98 Å². The molecule has 1 aliphatic heterocycles. The molecular formula is C27H29FN6O. The van der Waals surface area contributed by atoms with Gasteiger partial charge in [0, 0.05) is 42.2 Å². The molecule has 180 valence electrons. The first-order valence-electron chi connectivity index (χ1n) is 11.6. The van der Waals surface area contributed by atoms with Crippen LogP contribution < -0.4 is 10.6 Å². The lowest BCUT2D eigenvalue weighted by atomic mass is 10.0. The Morgan fingerprint density at radius 1 is 1.06 bits per heavy atom. The third kappa shape index (κ3) is 5.06. The fourth-order valence-electron chi connectivity index (χ4n) is 4.05. The number of carbonyl (C=O) groups is 1. The topological polar surface area (TPSA) is 84.7 Å². The van der Waals surface area contributed by atoms with Crippen molar-refractivity contribution in [1.29, 1.82) is 0 Å².